The van der Waals surface area contributed by atoms with Crippen LogP contribution in [-0.4, -0.2) is 28.8 Å². The summed E-state index contributed by atoms with van der Waals surface area (Å²) in [4.78, 5) is 8.01. The molecule has 0 radical (unpaired) electrons. The first-order chi connectivity index (χ1) is 6.74. The van der Waals surface area contributed by atoms with E-state index in [9.17, 15) is 0 Å². The molecule has 1 aromatic rings. The van der Waals surface area contributed by atoms with Gasteiger partial charge in [-0.2, -0.15) is 0 Å². The molecule has 80 valence electrons. The number of thiazole rings is 1. The Hall–Kier alpha value is 0.0700. The van der Waals surface area contributed by atoms with Gasteiger partial charge in [0.05, 0.1) is 11.2 Å². The van der Waals surface area contributed by atoms with Gasteiger partial charge in [-0.25, -0.2) is 4.98 Å². The molecule has 0 atom stereocenters. The summed E-state index contributed by atoms with van der Waals surface area (Å²) >= 11 is 5.20. The molecule has 0 unspecified atom stereocenters. The zero-order valence-electron chi connectivity index (χ0n) is 8.79. The van der Waals surface area contributed by atoms with Crippen molar-refractivity contribution >= 4 is 27.3 Å². The predicted molar refractivity (Wildman–Crippen MR) is 66.2 cm³/mol. The Kier molecular flexibility index (Phi) is 5.67. The van der Waals surface area contributed by atoms with Gasteiger partial charge in [0, 0.05) is 16.8 Å². The Bertz CT molecular complexity index is 262. The molecule has 0 aliphatic carbocycles. The van der Waals surface area contributed by atoms with Crippen LogP contribution in [0, 0.1) is 6.92 Å². The number of hydrogen-bond acceptors (Lipinski definition) is 3. The molecule has 0 bridgehead atoms. The van der Waals surface area contributed by atoms with Crippen molar-refractivity contribution in [2.45, 2.75) is 26.3 Å². The maximum atomic E-state index is 4.25. The van der Waals surface area contributed by atoms with Crippen molar-refractivity contribution in [1.82, 2.24) is 9.88 Å². The van der Waals surface area contributed by atoms with E-state index in [1.165, 1.54) is 30.0 Å². The molecular formula is C10H17BrN2S. The minimum atomic E-state index is 1.04. The monoisotopic (exact) mass is 276 g/mol. The predicted octanol–water partition coefficient (Wildman–Crippen LogP) is 3.06. The summed E-state index contributed by atoms with van der Waals surface area (Å²) in [6.45, 7) is 4.29. The fourth-order valence-electron chi connectivity index (χ4n) is 1.28. The van der Waals surface area contributed by atoms with Crippen molar-refractivity contribution < 1.29 is 0 Å². The highest BCUT2D eigenvalue weighted by molar-refractivity contribution is 9.09. The molecule has 0 aromatic carbocycles. The molecule has 2 nitrogen and oxygen atoms in total. The highest BCUT2D eigenvalue weighted by Gasteiger charge is 2.04. The summed E-state index contributed by atoms with van der Waals surface area (Å²) < 4.78 is 0. The summed E-state index contributed by atoms with van der Waals surface area (Å²) in [6, 6.07) is 0. The third-order valence-corrected chi connectivity index (χ3v) is 3.66. The molecule has 14 heavy (non-hydrogen) atoms. The van der Waals surface area contributed by atoms with Gasteiger partial charge in [0.2, 0.25) is 0 Å². The molecule has 1 aromatic heterocycles. The number of unbranched alkanes of at least 4 members (excludes halogenated alkanes) is 1. The number of halogens is 1. The standard InChI is InChI=1S/C10H17BrN2S/c1-9-10(14-8-12-9)7-13(2)6-4-3-5-11/h8H,3-7H2,1-2H3. The molecule has 0 amide bonds. The zero-order valence-corrected chi connectivity index (χ0v) is 11.2. The second-order valence-electron chi connectivity index (χ2n) is 3.49. The van der Waals surface area contributed by atoms with E-state index >= 15 is 0 Å². The van der Waals surface area contributed by atoms with Crippen LogP contribution in [0.25, 0.3) is 0 Å². The third-order valence-electron chi connectivity index (χ3n) is 2.18. The van der Waals surface area contributed by atoms with Gasteiger partial charge in [0.25, 0.3) is 0 Å². The van der Waals surface area contributed by atoms with E-state index in [1.807, 2.05) is 5.51 Å². The van der Waals surface area contributed by atoms with Crippen molar-refractivity contribution in [1.29, 1.82) is 0 Å². The second kappa shape index (κ2) is 6.53. The molecule has 0 saturated heterocycles. The van der Waals surface area contributed by atoms with Gasteiger partial charge in [0.15, 0.2) is 0 Å². The molecule has 4 heteroatoms. The van der Waals surface area contributed by atoms with E-state index in [0.29, 0.717) is 0 Å². The summed E-state index contributed by atoms with van der Waals surface area (Å²) in [5, 5.41) is 1.11. The zero-order chi connectivity index (χ0) is 10.4. The minimum Gasteiger partial charge on any atom is -0.301 e. The summed E-state index contributed by atoms with van der Waals surface area (Å²) in [5.41, 5.74) is 3.11. The van der Waals surface area contributed by atoms with Gasteiger partial charge in [-0.15, -0.1) is 11.3 Å². The van der Waals surface area contributed by atoms with E-state index in [4.69, 9.17) is 0 Å². The molecule has 1 heterocycles. The lowest BCUT2D eigenvalue weighted by Crippen LogP contribution is -2.19. The highest BCUT2D eigenvalue weighted by atomic mass is 79.9. The Morgan fingerprint density at radius 2 is 2.29 bits per heavy atom. The van der Waals surface area contributed by atoms with E-state index in [-0.39, 0.29) is 0 Å². The van der Waals surface area contributed by atoms with Crippen LogP contribution in [0.2, 0.25) is 0 Å². The van der Waals surface area contributed by atoms with Gasteiger partial charge in [0.1, 0.15) is 0 Å². The topological polar surface area (TPSA) is 16.1 Å². The number of hydrogen-bond donors (Lipinski definition) is 0. The molecule has 0 saturated carbocycles. The first kappa shape index (κ1) is 12.1. The molecule has 1 rings (SSSR count). The van der Waals surface area contributed by atoms with Crippen molar-refractivity contribution in [2.24, 2.45) is 0 Å². The van der Waals surface area contributed by atoms with Crippen LogP contribution in [0.3, 0.4) is 0 Å². The molecule has 0 N–H and O–H groups in total. The van der Waals surface area contributed by atoms with Crippen LogP contribution in [-0.2, 0) is 6.54 Å². The highest BCUT2D eigenvalue weighted by Crippen LogP contribution is 2.14. The van der Waals surface area contributed by atoms with Crippen LogP contribution < -0.4 is 0 Å². The summed E-state index contributed by atoms with van der Waals surface area (Å²) in [7, 11) is 2.17. The average Bonchev–Trinajstić information content (AvgIpc) is 2.52. The molecule has 0 aliphatic heterocycles. The minimum absolute atomic E-state index is 1.04. The SMILES string of the molecule is Cc1ncsc1CN(C)CCCCBr. The maximum Gasteiger partial charge on any atom is 0.0798 e. The van der Waals surface area contributed by atoms with Crippen LogP contribution in [0.15, 0.2) is 5.51 Å². The summed E-state index contributed by atoms with van der Waals surface area (Å²) in [6.07, 6.45) is 2.52. The number of alkyl halides is 1. The lowest BCUT2D eigenvalue weighted by molar-refractivity contribution is 0.323. The van der Waals surface area contributed by atoms with E-state index in [2.05, 4.69) is 39.8 Å². The fourth-order valence-corrected chi connectivity index (χ4v) is 2.53. The largest absolute Gasteiger partial charge is 0.301 e. The molecular weight excluding hydrogens is 260 g/mol. The number of nitrogens with zero attached hydrogens (tertiary/aromatic N) is 2. The van der Waals surface area contributed by atoms with Crippen molar-refractivity contribution in [3.8, 4) is 0 Å². The van der Waals surface area contributed by atoms with Crippen molar-refractivity contribution in [3.63, 3.8) is 0 Å². The lowest BCUT2D eigenvalue weighted by atomic mass is 10.3. The Labute approximate surface area is 98.5 Å². The Morgan fingerprint density at radius 3 is 2.86 bits per heavy atom. The summed E-state index contributed by atoms with van der Waals surface area (Å²) in [5.74, 6) is 0. The first-order valence-corrected chi connectivity index (χ1v) is 6.87. The van der Waals surface area contributed by atoms with Gasteiger partial charge >= 0.3 is 0 Å². The Morgan fingerprint density at radius 1 is 1.50 bits per heavy atom. The molecule has 0 fully saturated rings. The average molecular weight is 277 g/mol. The quantitative estimate of drug-likeness (QED) is 0.587. The third kappa shape index (κ3) is 4.07. The second-order valence-corrected chi connectivity index (χ2v) is 5.23. The molecule has 0 aliphatic rings. The fraction of sp³-hybridized carbons (Fsp3) is 0.700. The van der Waals surface area contributed by atoms with Crippen LogP contribution >= 0.6 is 27.3 Å². The first-order valence-electron chi connectivity index (χ1n) is 4.87. The number of rotatable bonds is 6. The molecule has 0 spiro atoms. The van der Waals surface area contributed by atoms with Gasteiger partial charge < -0.3 is 4.90 Å². The van der Waals surface area contributed by atoms with Crippen molar-refractivity contribution in [2.75, 3.05) is 18.9 Å². The lowest BCUT2D eigenvalue weighted by Gasteiger charge is -2.15. The van der Waals surface area contributed by atoms with E-state index in [1.54, 1.807) is 11.3 Å². The van der Waals surface area contributed by atoms with Crippen molar-refractivity contribution in [3.05, 3.63) is 16.1 Å². The van der Waals surface area contributed by atoms with Crippen LogP contribution in [0.1, 0.15) is 23.4 Å². The normalized spacial score (nSPS) is 11.1. The van der Waals surface area contributed by atoms with Crippen LogP contribution in [0.4, 0.5) is 0 Å². The Balaban J connectivity index is 2.27. The van der Waals surface area contributed by atoms with Gasteiger partial charge in [-0.05, 0) is 33.4 Å². The van der Waals surface area contributed by atoms with E-state index < -0.39 is 0 Å². The smallest absolute Gasteiger partial charge is 0.0798 e. The van der Waals surface area contributed by atoms with E-state index in [0.717, 1.165) is 11.9 Å². The number of aryl methyl sites for hydroxylation is 1. The number of aromatic nitrogens is 1. The van der Waals surface area contributed by atoms with Gasteiger partial charge in [-0.3, -0.25) is 0 Å². The maximum absolute atomic E-state index is 4.25. The van der Waals surface area contributed by atoms with Crippen LogP contribution in [0.5, 0.6) is 0 Å². The van der Waals surface area contributed by atoms with Gasteiger partial charge in [-0.1, -0.05) is 15.9 Å².